The molecule has 1 atom stereocenters. The van der Waals surface area contributed by atoms with Gasteiger partial charge in [-0.2, -0.15) is 0 Å². The monoisotopic (exact) mass is 211 g/mol. The summed E-state index contributed by atoms with van der Waals surface area (Å²) in [5, 5.41) is 0. The molecule has 0 fully saturated rings. The van der Waals surface area contributed by atoms with Crippen molar-refractivity contribution in [2.75, 3.05) is 14.1 Å². The minimum absolute atomic E-state index is 0.313. The van der Waals surface area contributed by atoms with Crippen LogP contribution in [0.2, 0.25) is 0 Å². The first-order valence-electron chi connectivity index (χ1n) is 4.15. The number of rotatable bonds is 1. The molecule has 2 rings (SSSR count). The maximum Gasteiger partial charge on any atom is 0.386 e. The van der Waals surface area contributed by atoms with Gasteiger partial charge in [0.25, 0.3) is 0 Å². The Hall–Kier alpha value is -1.12. The lowest BCUT2D eigenvalue weighted by molar-refractivity contribution is 0.0706. The van der Waals surface area contributed by atoms with Gasteiger partial charge in [0.2, 0.25) is 0 Å². The van der Waals surface area contributed by atoms with Crippen molar-refractivity contribution in [2.24, 2.45) is 0 Å². The lowest BCUT2D eigenvalue weighted by Gasteiger charge is -2.26. The first-order valence-corrected chi connectivity index (χ1v) is 5.28. The molecule has 0 amide bonds. The van der Waals surface area contributed by atoms with Gasteiger partial charge in [0, 0.05) is 0 Å². The molecule has 0 radical (unpaired) electrons. The molecule has 0 saturated carbocycles. The first-order chi connectivity index (χ1) is 6.68. The number of carbonyl (C=O) groups is 1. The molecule has 74 valence electrons. The SMILES string of the molecule is CN(C)P1OC(=O)c2ccccc2O1. The van der Waals surface area contributed by atoms with Crippen LogP contribution in [0.4, 0.5) is 0 Å². The number of benzene rings is 1. The third-order valence-electron chi connectivity index (χ3n) is 1.77. The van der Waals surface area contributed by atoms with Crippen LogP contribution < -0.4 is 4.52 Å². The third kappa shape index (κ3) is 1.59. The fourth-order valence-electron chi connectivity index (χ4n) is 1.10. The maximum atomic E-state index is 11.5. The lowest BCUT2D eigenvalue weighted by Crippen LogP contribution is -2.19. The van der Waals surface area contributed by atoms with Crippen molar-refractivity contribution < 1.29 is 13.8 Å². The van der Waals surface area contributed by atoms with Crippen LogP contribution in [0.5, 0.6) is 5.75 Å². The zero-order valence-electron chi connectivity index (χ0n) is 7.93. The highest BCUT2D eigenvalue weighted by Gasteiger charge is 2.30. The van der Waals surface area contributed by atoms with Crippen molar-refractivity contribution in [1.29, 1.82) is 0 Å². The molecule has 1 aromatic rings. The molecular formula is C9H10NO3P. The Kier molecular flexibility index (Phi) is 2.40. The highest BCUT2D eigenvalue weighted by atomic mass is 31.2. The molecule has 4 nitrogen and oxygen atoms in total. The number of para-hydroxylation sites is 1. The molecule has 0 aromatic heterocycles. The van der Waals surface area contributed by atoms with E-state index in [1.807, 2.05) is 20.2 Å². The zero-order valence-corrected chi connectivity index (χ0v) is 8.82. The maximum absolute atomic E-state index is 11.5. The number of hydrogen-bond donors (Lipinski definition) is 0. The van der Waals surface area contributed by atoms with Crippen molar-refractivity contribution in [1.82, 2.24) is 4.67 Å². The Balaban J connectivity index is 2.33. The molecule has 0 aliphatic carbocycles. The summed E-state index contributed by atoms with van der Waals surface area (Å²) < 4.78 is 12.4. The molecule has 0 spiro atoms. The van der Waals surface area contributed by atoms with Crippen LogP contribution in [0.1, 0.15) is 10.4 Å². The van der Waals surface area contributed by atoms with Crippen LogP contribution in [0.15, 0.2) is 24.3 Å². The van der Waals surface area contributed by atoms with Gasteiger partial charge < -0.3 is 9.05 Å². The molecule has 1 aliphatic rings. The predicted octanol–water partition coefficient (Wildman–Crippen LogP) is 2.02. The largest absolute Gasteiger partial charge is 0.426 e. The molecule has 1 heterocycles. The number of carbonyl (C=O) groups excluding carboxylic acids is 1. The minimum atomic E-state index is -1.27. The van der Waals surface area contributed by atoms with Crippen molar-refractivity contribution in [3.8, 4) is 5.75 Å². The first kappa shape index (κ1) is 9.44. The molecule has 5 heteroatoms. The van der Waals surface area contributed by atoms with Gasteiger partial charge in [0.15, 0.2) is 0 Å². The van der Waals surface area contributed by atoms with Crippen LogP contribution >= 0.6 is 8.53 Å². The van der Waals surface area contributed by atoms with Gasteiger partial charge in [0.05, 0.1) is 0 Å². The smallest absolute Gasteiger partial charge is 0.386 e. The second kappa shape index (κ2) is 3.56. The average Bonchev–Trinajstić information content (AvgIpc) is 2.17. The fourth-order valence-corrected chi connectivity index (χ4v) is 2.03. The molecule has 0 N–H and O–H groups in total. The van der Waals surface area contributed by atoms with Crippen molar-refractivity contribution in [3.63, 3.8) is 0 Å². The Morgan fingerprint density at radius 3 is 2.64 bits per heavy atom. The average molecular weight is 211 g/mol. The van der Waals surface area contributed by atoms with Crippen molar-refractivity contribution >= 4 is 14.5 Å². The summed E-state index contributed by atoms with van der Waals surface area (Å²) in [7, 11) is 2.35. The van der Waals surface area contributed by atoms with E-state index >= 15 is 0 Å². The van der Waals surface area contributed by atoms with Crippen LogP contribution in [-0.2, 0) is 4.52 Å². The van der Waals surface area contributed by atoms with Gasteiger partial charge in [-0.1, -0.05) is 12.1 Å². The Bertz CT molecular complexity index is 367. The Morgan fingerprint density at radius 2 is 1.93 bits per heavy atom. The summed E-state index contributed by atoms with van der Waals surface area (Å²) in [6, 6.07) is 7.09. The Morgan fingerprint density at radius 1 is 1.21 bits per heavy atom. The number of hydrogen-bond acceptors (Lipinski definition) is 4. The molecule has 1 unspecified atom stereocenters. The van der Waals surface area contributed by atoms with Crippen LogP contribution in [-0.4, -0.2) is 24.7 Å². The van der Waals surface area contributed by atoms with Gasteiger partial charge in [0.1, 0.15) is 11.3 Å². The molecule has 1 aliphatic heterocycles. The normalized spacial score (nSPS) is 19.9. The summed E-state index contributed by atoms with van der Waals surface area (Å²) in [6.45, 7) is 0. The van der Waals surface area contributed by atoms with Crippen molar-refractivity contribution in [2.45, 2.75) is 0 Å². The third-order valence-corrected chi connectivity index (χ3v) is 3.10. The topological polar surface area (TPSA) is 38.8 Å². The summed E-state index contributed by atoms with van der Waals surface area (Å²) in [5.41, 5.74) is 0.494. The molecule has 1 aromatic carbocycles. The van der Waals surface area contributed by atoms with E-state index < -0.39 is 8.53 Å². The summed E-state index contributed by atoms with van der Waals surface area (Å²) in [6.07, 6.45) is 0. The van der Waals surface area contributed by atoms with E-state index in [0.717, 1.165) is 0 Å². The van der Waals surface area contributed by atoms with E-state index in [-0.39, 0.29) is 5.97 Å². The van der Waals surface area contributed by atoms with Crippen molar-refractivity contribution in [3.05, 3.63) is 29.8 Å². The zero-order chi connectivity index (χ0) is 10.1. The summed E-state index contributed by atoms with van der Waals surface area (Å²) >= 11 is 0. The van der Waals surface area contributed by atoms with E-state index in [2.05, 4.69) is 0 Å². The standard InChI is InChI=1S/C9H10NO3P/c1-10(2)14-12-8-6-4-3-5-7(8)9(11)13-14/h3-6H,1-2H3. The van der Waals surface area contributed by atoms with E-state index in [4.69, 9.17) is 9.05 Å². The highest BCUT2D eigenvalue weighted by molar-refractivity contribution is 7.45. The lowest BCUT2D eigenvalue weighted by atomic mass is 10.2. The minimum Gasteiger partial charge on any atom is -0.426 e. The summed E-state index contributed by atoms with van der Waals surface area (Å²) in [4.78, 5) is 11.5. The quantitative estimate of drug-likeness (QED) is 0.666. The molecule has 0 bridgehead atoms. The number of fused-ring (bicyclic) bond motifs is 1. The Labute approximate surface area is 83.4 Å². The van der Waals surface area contributed by atoms with E-state index in [9.17, 15) is 4.79 Å². The second-order valence-electron chi connectivity index (χ2n) is 3.05. The van der Waals surface area contributed by atoms with Crippen LogP contribution in [0.25, 0.3) is 0 Å². The van der Waals surface area contributed by atoms with Gasteiger partial charge in [-0.05, 0) is 26.2 Å². The van der Waals surface area contributed by atoms with Gasteiger partial charge in [-0.15, -0.1) is 0 Å². The van der Waals surface area contributed by atoms with Gasteiger partial charge >= 0.3 is 14.5 Å². The van der Waals surface area contributed by atoms with Crippen LogP contribution in [0, 0.1) is 0 Å². The molecular weight excluding hydrogens is 201 g/mol. The molecule has 14 heavy (non-hydrogen) atoms. The predicted molar refractivity (Wildman–Crippen MR) is 53.1 cm³/mol. The molecule has 0 saturated heterocycles. The summed E-state index contributed by atoms with van der Waals surface area (Å²) in [5.74, 6) is 0.287. The van der Waals surface area contributed by atoms with E-state index in [1.165, 1.54) is 0 Å². The number of nitrogens with zero attached hydrogens (tertiary/aromatic N) is 1. The highest BCUT2D eigenvalue weighted by Crippen LogP contribution is 2.47. The fraction of sp³-hybridized carbons (Fsp3) is 0.222. The van der Waals surface area contributed by atoms with Crippen LogP contribution in [0.3, 0.4) is 0 Å². The van der Waals surface area contributed by atoms with Gasteiger partial charge in [-0.3, -0.25) is 0 Å². The second-order valence-corrected chi connectivity index (χ2v) is 4.69. The van der Waals surface area contributed by atoms with Gasteiger partial charge in [-0.25, -0.2) is 9.46 Å². The van der Waals surface area contributed by atoms with E-state index in [0.29, 0.717) is 11.3 Å². The van der Waals surface area contributed by atoms with E-state index in [1.54, 1.807) is 22.9 Å².